The predicted octanol–water partition coefficient (Wildman–Crippen LogP) is 2.71. The van der Waals surface area contributed by atoms with E-state index in [1.54, 1.807) is 12.3 Å². The maximum atomic E-state index is 11.8. The normalized spacial score (nSPS) is 10.1. The highest BCUT2D eigenvalue weighted by Gasteiger charge is 2.08. The Bertz CT molecular complexity index is 528. The first-order valence-corrected chi connectivity index (χ1v) is 6.07. The number of rotatable bonds is 4. The van der Waals surface area contributed by atoms with E-state index >= 15 is 0 Å². The van der Waals surface area contributed by atoms with Crippen LogP contribution in [0.3, 0.4) is 0 Å². The smallest absolute Gasteiger partial charge is 0.254 e. The fourth-order valence-electron chi connectivity index (χ4n) is 1.60. The minimum Gasteiger partial charge on any atom is -0.352 e. The molecule has 2 rings (SSSR count). The molecule has 4 heteroatoms. The molecule has 0 saturated carbocycles. The van der Waals surface area contributed by atoms with Crippen LogP contribution in [-0.4, -0.2) is 17.4 Å². The Morgan fingerprint density at radius 3 is 2.72 bits per heavy atom. The van der Waals surface area contributed by atoms with Crippen molar-refractivity contribution >= 4 is 17.5 Å². The lowest BCUT2D eigenvalue weighted by atomic mass is 10.1. The van der Waals surface area contributed by atoms with E-state index < -0.39 is 0 Å². The first kappa shape index (κ1) is 12.6. The maximum Gasteiger partial charge on any atom is 0.254 e. The molecule has 0 spiro atoms. The molecule has 1 aromatic carbocycles. The third kappa shape index (κ3) is 3.31. The lowest BCUT2D eigenvalue weighted by Crippen LogP contribution is -2.26. The molecule has 0 aliphatic rings. The minimum atomic E-state index is -0.191. The van der Waals surface area contributed by atoms with Gasteiger partial charge < -0.3 is 5.32 Å². The van der Waals surface area contributed by atoms with Crippen LogP contribution in [0, 0.1) is 0 Å². The van der Waals surface area contributed by atoms with Gasteiger partial charge in [0.25, 0.3) is 5.91 Å². The van der Waals surface area contributed by atoms with Crippen molar-refractivity contribution in [3.8, 4) is 0 Å². The summed E-state index contributed by atoms with van der Waals surface area (Å²) < 4.78 is 0. The zero-order valence-electron chi connectivity index (χ0n) is 9.77. The monoisotopic (exact) mass is 260 g/mol. The molecule has 18 heavy (non-hydrogen) atoms. The van der Waals surface area contributed by atoms with Crippen LogP contribution in [0.15, 0.2) is 48.8 Å². The Morgan fingerprint density at radius 2 is 2.00 bits per heavy atom. The van der Waals surface area contributed by atoms with Gasteiger partial charge in [-0.2, -0.15) is 0 Å². The Kier molecular flexibility index (Phi) is 4.31. The number of halogens is 1. The molecule has 0 bridgehead atoms. The quantitative estimate of drug-likeness (QED) is 0.918. The molecule has 1 heterocycles. The summed E-state index contributed by atoms with van der Waals surface area (Å²) >= 11 is 5.91. The van der Waals surface area contributed by atoms with Crippen LogP contribution in [0.5, 0.6) is 0 Å². The van der Waals surface area contributed by atoms with Crippen molar-refractivity contribution in [2.45, 2.75) is 6.42 Å². The molecule has 0 saturated heterocycles. The highest BCUT2D eigenvalue weighted by molar-refractivity contribution is 6.33. The summed E-state index contributed by atoms with van der Waals surface area (Å²) in [6.07, 6.45) is 3.83. The van der Waals surface area contributed by atoms with Gasteiger partial charge in [0.2, 0.25) is 0 Å². The Morgan fingerprint density at radius 1 is 1.22 bits per heavy atom. The van der Waals surface area contributed by atoms with Crippen molar-refractivity contribution < 1.29 is 4.79 Å². The average Bonchev–Trinajstić information content (AvgIpc) is 2.40. The molecule has 0 aliphatic heterocycles. The number of hydrogen-bond donors (Lipinski definition) is 1. The van der Waals surface area contributed by atoms with Crippen molar-refractivity contribution in [2.24, 2.45) is 0 Å². The molecule has 1 aromatic heterocycles. The predicted molar refractivity (Wildman–Crippen MR) is 71.7 cm³/mol. The summed E-state index contributed by atoms with van der Waals surface area (Å²) in [5.41, 5.74) is 1.60. The fraction of sp³-hybridized carbons (Fsp3) is 0.143. The number of hydrogen-bond acceptors (Lipinski definition) is 2. The Balaban J connectivity index is 1.88. The second-order valence-corrected chi connectivity index (χ2v) is 4.25. The van der Waals surface area contributed by atoms with Gasteiger partial charge in [0.15, 0.2) is 0 Å². The molecular weight excluding hydrogens is 248 g/mol. The van der Waals surface area contributed by atoms with Crippen molar-refractivity contribution in [1.29, 1.82) is 0 Å². The van der Waals surface area contributed by atoms with Crippen LogP contribution < -0.4 is 5.32 Å². The molecule has 1 amide bonds. The molecule has 3 nitrogen and oxygen atoms in total. The first-order valence-electron chi connectivity index (χ1n) is 5.69. The summed E-state index contributed by atoms with van der Waals surface area (Å²) in [6, 6.07) is 11.6. The van der Waals surface area contributed by atoms with E-state index in [-0.39, 0.29) is 5.91 Å². The van der Waals surface area contributed by atoms with Crippen molar-refractivity contribution in [3.05, 3.63) is 64.9 Å². The summed E-state index contributed by atoms with van der Waals surface area (Å²) in [4.78, 5) is 15.7. The summed E-state index contributed by atoms with van der Waals surface area (Å²) in [5.74, 6) is -0.191. The number of pyridine rings is 1. The molecule has 2 aromatic rings. The van der Waals surface area contributed by atoms with Gasteiger partial charge in [-0.05, 0) is 18.1 Å². The van der Waals surface area contributed by atoms with Gasteiger partial charge in [-0.1, -0.05) is 41.9 Å². The van der Waals surface area contributed by atoms with Crippen molar-refractivity contribution in [1.82, 2.24) is 10.3 Å². The molecular formula is C14H13ClN2O. The summed E-state index contributed by atoms with van der Waals surface area (Å²) in [6.45, 7) is 0.577. The van der Waals surface area contributed by atoms with Gasteiger partial charge in [-0.3, -0.25) is 9.78 Å². The largest absolute Gasteiger partial charge is 0.352 e. The van der Waals surface area contributed by atoms with Crippen molar-refractivity contribution in [2.75, 3.05) is 6.54 Å². The molecule has 0 radical (unpaired) electrons. The van der Waals surface area contributed by atoms with E-state index in [4.69, 9.17) is 11.6 Å². The number of nitrogens with zero attached hydrogens (tertiary/aromatic N) is 1. The number of nitrogens with one attached hydrogen (secondary N) is 1. The third-order valence-corrected chi connectivity index (χ3v) is 2.88. The number of benzene rings is 1. The van der Waals surface area contributed by atoms with Crippen LogP contribution in [-0.2, 0) is 6.42 Å². The van der Waals surface area contributed by atoms with Gasteiger partial charge in [0.05, 0.1) is 10.6 Å². The fourth-order valence-corrected chi connectivity index (χ4v) is 1.80. The van der Waals surface area contributed by atoms with Gasteiger partial charge in [-0.15, -0.1) is 0 Å². The van der Waals surface area contributed by atoms with E-state index in [1.807, 2.05) is 30.3 Å². The molecule has 0 fully saturated rings. The molecule has 0 aliphatic carbocycles. The highest BCUT2D eigenvalue weighted by atomic mass is 35.5. The van der Waals surface area contributed by atoms with Gasteiger partial charge in [0.1, 0.15) is 0 Å². The standard InChI is InChI=1S/C14H13ClN2O/c15-13-7-8-16-10-12(13)14(18)17-9-6-11-4-2-1-3-5-11/h1-5,7-8,10H,6,9H2,(H,17,18). The van der Waals surface area contributed by atoms with Crippen LogP contribution in [0.25, 0.3) is 0 Å². The second kappa shape index (κ2) is 6.17. The van der Waals surface area contributed by atoms with Gasteiger partial charge >= 0.3 is 0 Å². The molecule has 0 atom stereocenters. The maximum absolute atomic E-state index is 11.8. The lowest BCUT2D eigenvalue weighted by Gasteiger charge is -2.06. The SMILES string of the molecule is O=C(NCCc1ccccc1)c1cnccc1Cl. The molecule has 92 valence electrons. The van der Waals surface area contributed by atoms with E-state index in [9.17, 15) is 4.79 Å². The van der Waals surface area contributed by atoms with E-state index in [2.05, 4.69) is 10.3 Å². The summed E-state index contributed by atoms with van der Waals surface area (Å²) in [5, 5.41) is 3.24. The van der Waals surface area contributed by atoms with Crippen LogP contribution in [0.2, 0.25) is 5.02 Å². The highest BCUT2D eigenvalue weighted by Crippen LogP contribution is 2.12. The third-order valence-electron chi connectivity index (χ3n) is 2.55. The zero-order chi connectivity index (χ0) is 12.8. The number of amides is 1. The molecule has 0 unspecified atom stereocenters. The van der Waals surface area contributed by atoms with E-state index in [0.717, 1.165) is 6.42 Å². The minimum absolute atomic E-state index is 0.191. The van der Waals surface area contributed by atoms with Crippen molar-refractivity contribution in [3.63, 3.8) is 0 Å². The Labute approximate surface area is 111 Å². The average molecular weight is 261 g/mol. The first-order chi connectivity index (χ1) is 8.77. The zero-order valence-corrected chi connectivity index (χ0v) is 10.5. The Hall–Kier alpha value is -1.87. The second-order valence-electron chi connectivity index (χ2n) is 3.85. The van der Waals surface area contributed by atoms with Gasteiger partial charge in [0, 0.05) is 18.9 Å². The lowest BCUT2D eigenvalue weighted by molar-refractivity contribution is 0.0954. The topological polar surface area (TPSA) is 42.0 Å². The number of carbonyl (C=O) groups excluding carboxylic acids is 1. The number of carbonyl (C=O) groups is 1. The number of aromatic nitrogens is 1. The van der Waals surface area contributed by atoms with E-state index in [1.165, 1.54) is 11.8 Å². The van der Waals surface area contributed by atoms with Crippen LogP contribution in [0.4, 0.5) is 0 Å². The summed E-state index contributed by atoms with van der Waals surface area (Å²) in [7, 11) is 0. The van der Waals surface area contributed by atoms with E-state index in [0.29, 0.717) is 17.1 Å². The van der Waals surface area contributed by atoms with Crippen LogP contribution in [0.1, 0.15) is 15.9 Å². The van der Waals surface area contributed by atoms with Gasteiger partial charge in [-0.25, -0.2) is 0 Å². The van der Waals surface area contributed by atoms with Crippen LogP contribution >= 0.6 is 11.6 Å². The molecule has 1 N–H and O–H groups in total.